The van der Waals surface area contributed by atoms with Crippen molar-refractivity contribution < 1.29 is 31.1 Å². The number of hydrogen-bond donors (Lipinski definition) is 2. The molecule has 0 radical (unpaired) electrons. The van der Waals surface area contributed by atoms with Gasteiger partial charge < -0.3 is 14.1 Å². The molecule has 0 saturated heterocycles. The van der Waals surface area contributed by atoms with Gasteiger partial charge in [0, 0.05) is 22.8 Å². The van der Waals surface area contributed by atoms with Crippen LogP contribution in [-0.2, 0) is 23.0 Å². The summed E-state index contributed by atoms with van der Waals surface area (Å²) in [5.41, 5.74) is -1.95. The molecule has 222 valence electrons. The number of rotatable bonds is 9. The van der Waals surface area contributed by atoms with Gasteiger partial charge in [0.05, 0.1) is 24.0 Å². The number of anilines is 1. The minimum atomic E-state index is -5.66. The number of benzene rings is 2. The molecule has 8 nitrogen and oxygen atoms in total. The number of para-hydroxylation sites is 1. The van der Waals surface area contributed by atoms with E-state index in [0.29, 0.717) is 41.5 Å². The van der Waals surface area contributed by atoms with Crippen LogP contribution in [0.3, 0.4) is 0 Å². The molecule has 0 aliphatic heterocycles. The molecule has 3 heterocycles. The fourth-order valence-electron chi connectivity index (χ4n) is 4.88. The van der Waals surface area contributed by atoms with Crippen LogP contribution in [0.5, 0.6) is 0 Å². The zero-order chi connectivity index (χ0) is 30.4. The number of aliphatic hydroxyl groups excluding tert-OH is 1. The van der Waals surface area contributed by atoms with Crippen LogP contribution in [0.25, 0.3) is 33.3 Å². The zero-order valence-electron chi connectivity index (χ0n) is 23.0. The normalized spacial score (nSPS) is 13.2. The molecule has 1 unspecified atom stereocenters. The Kier molecular flexibility index (Phi) is 7.99. The average molecular weight is 621 g/mol. The topological polar surface area (TPSA) is 110 Å². The van der Waals surface area contributed by atoms with Crippen molar-refractivity contribution in [3.63, 3.8) is 0 Å². The van der Waals surface area contributed by atoms with Crippen molar-refractivity contribution in [1.29, 1.82) is 0 Å². The molecule has 3 aromatic heterocycles. The number of fused-ring (bicyclic) bond motifs is 2. The molecule has 13 heteroatoms. The van der Waals surface area contributed by atoms with Gasteiger partial charge in [0.25, 0.3) is 0 Å². The molecular weight excluding hydrogens is 593 g/mol. The van der Waals surface area contributed by atoms with Crippen LogP contribution in [0.2, 0.25) is 5.22 Å². The van der Waals surface area contributed by atoms with Crippen molar-refractivity contribution in [1.82, 2.24) is 14.5 Å². The van der Waals surface area contributed by atoms with Crippen molar-refractivity contribution in [3.8, 4) is 11.3 Å². The monoisotopic (exact) mass is 620 g/mol. The van der Waals surface area contributed by atoms with Crippen LogP contribution < -0.4 is 4.72 Å². The van der Waals surface area contributed by atoms with Gasteiger partial charge in [-0.3, -0.25) is 4.72 Å². The van der Waals surface area contributed by atoms with Gasteiger partial charge in [-0.15, -0.1) is 0 Å². The minimum absolute atomic E-state index is 0.00178. The largest absolute Gasteiger partial charge is 0.516 e. The Morgan fingerprint density at radius 1 is 1.10 bits per heavy atom. The number of nitrogens with zero attached hydrogens (tertiary/aromatic N) is 3. The highest BCUT2D eigenvalue weighted by atomic mass is 35.5. The molecule has 42 heavy (non-hydrogen) atoms. The van der Waals surface area contributed by atoms with E-state index < -0.39 is 21.6 Å². The molecule has 0 aliphatic carbocycles. The fourth-order valence-corrected chi connectivity index (χ4v) is 5.69. The van der Waals surface area contributed by atoms with Crippen LogP contribution in [0, 0.1) is 6.92 Å². The van der Waals surface area contributed by atoms with Crippen LogP contribution in [0.1, 0.15) is 55.4 Å². The molecule has 5 aromatic rings. The number of halogens is 4. The quantitative estimate of drug-likeness (QED) is 0.176. The Bertz CT molecular complexity index is 1900. The van der Waals surface area contributed by atoms with E-state index in [-0.39, 0.29) is 22.2 Å². The van der Waals surface area contributed by atoms with Crippen LogP contribution in [0.4, 0.5) is 18.9 Å². The molecule has 2 N–H and O–H groups in total. The molecule has 1 atom stereocenters. The third-order valence-corrected chi connectivity index (χ3v) is 8.37. The Morgan fingerprint density at radius 2 is 1.83 bits per heavy atom. The summed E-state index contributed by atoms with van der Waals surface area (Å²) < 4.78 is 72.2. The maximum atomic E-state index is 13.1. The number of sulfonamides is 1. The minimum Gasteiger partial charge on any atom is -0.443 e. The first-order valence-electron chi connectivity index (χ1n) is 13.3. The maximum absolute atomic E-state index is 13.1. The highest BCUT2D eigenvalue weighted by Gasteiger charge is 2.46. The predicted molar refractivity (Wildman–Crippen MR) is 156 cm³/mol. The van der Waals surface area contributed by atoms with E-state index in [1.54, 1.807) is 16.9 Å². The van der Waals surface area contributed by atoms with Crippen molar-refractivity contribution >= 4 is 49.2 Å². The molecular formula is C29H28ClF3N4O4S. The smallest absolute Gasteiger partial charge is 0.443 e. The van der Waals surface area contributed by atoms with Gasteiger partial charge in [-0.05, 0) is 66.8 Å². The van der Waals surface area contributed by atoms with Gasteiger partial charge in [0.1, 0.15) is 17.1 Å². The summed E-state index contributed by atoms with van der Waals surface area (Å²) >= 11 is 6.46. The number of nitrogens with one attached hydrogen (secondary N) is 1. The summed E-state index contributed by atoms with van der Waals surface area (Å²) in [5, 5.41) is 11.5. The van der Waals surface area contributed by atoms with Gasteiger partial charge >= 0.3 is 15.5 Å². The van der Waals surface area contributed by atoms with Gasteiger partial charge in [0.2, 0.25) is 5.22 Å². The van der Waals surface area contributed by atoms with E-state index in [4.69, 9.17) is 26.0 Å². The van der Waals surface area contributed by atoms with Crippen LogP contribution in [0.15, 0.2) is 52.9 Å². The Labute approximate surface area is 245 Å². The lowest BCUT2D eigenvalue weighted by atomic mass is 10.0. The summed E-state index contributed by atoms with van der Waals surface area (Å²) in [4.78, 5) is 9.60. The molecule has 0 fully saturated rings. The summed E-state index contributed by atoms with van der Waals surface area (Å²) in [6.07, 6.45) is 1.40. The number of aliphatic hydroxyl groups is 1. The number of pyridine rings is 1. The van der Waals surface area contributed by atoms with Crippen molar-refractivity contribution in [2.75, 3.05) is 4.72 Å². The first-order chi connectivity index (χ1) is 19.8. The molecule has 2 aromatic carbocycles. The SMILES string of the molecule is CCCc1nc2c(C)cc(C(O)CC)nc2n1Cc1ccc2c(-c3ccccc3NS(=O)(=O)C(F)(F)F)oc(Cl)c2c1. The van der Waals surface area contributed by atoms with Crippen molar-refractivity contribution in [3.05, 3.63) is 76.4 Å². The van der Waals surface area contributed by atoms with Crippen molar-refractivity contribution in [2.45, 2.75) is 58.2 Å². The van der Waals surface area contributed by atoms with Crippen molar-refractivity contribution in [2.24, 2.45) is 0 Å². The Balaban J connectivity index is 1.58. The second-order valence-corrected chi connectivity index (χ2v) is 12.0. The summed E-state index contributed by atoms with van der Waals surface area (Å²) in [7, 11) is -5.66. The first-order valence-corrected chi connectivity index (χ1v) is 15.1. The van der Waals surface area contributed by atoms with E-state index >= 15 is 0 Å². The van der Waals surface area contributed by atoms with E-state index in [2.05, 4.69) is 6.92 Å². The van der Waals surface area contributed by atoms with E-state index in [1.807, 2.05) is 36.6 Å². The molecule has 0 spiro atoms. The van der Waals surface area contributed by atoms with Gasteiger partial charge in [-0.1, -0.05) is 38.1 Å². The number of imidazole rings is 1. The van der Waals surface area contributed by atoms with Crippen LogP contribution in [-0.4, -0.2) is 33.6 Å². The molecule has 0 aliphatic rings. The van der Waals surface area contributed by atoms with E-state index in [1.165, 1.54) is 18.2 Å². The lowest BCUT2D eigenvalue weighted by Gasteiger charge is -2.13. The highest BCUT2D eigenvalue weighted by Crippen LogP contribution is 2.41. The van der Waals surface area contributed by atoms with Gasteiger partial charge in [-0.25, -0.2) is 9.97 Å². The standard InChI is InChI=1S/C29H28ClF3N4O4S/c1-4-8-24-35-25-16(3)13-22(23(38)5-2)34-28(25)37(24)15-17-11-12-18-20(14-17)27(30)41-26(18)19-9-6-7-10-21(19)36-42(39,40)29(31,32)33/h6-7,9-14,23,36,38H,4-5,8,15H2,1-3H3. The predicted octanol–water partition coefficient (Wildman–Crippen LogP) is 7.51. The van der Waals surface area contributed by atoms with Crippen LogP contribution >= 0.6 is 11.6 Å². The lowest BCUT2D eigenvalue weighted by Crippen LogP contribution is -2.30. The number of hydrogen-bond acceptors (Lipinski definition) is 6. The van der Waals surface area contributed by atoms with E-state index in [9.17, 15) is 26.7 Å². The van der Waals surface area contributed by atoms with Gasteiger partial charge in [0.15, 0.2) is 5.65 Å². The third-order valence-electron chi connectivity index (χ3n) is 6.99. The fraction of sp³-hybridized carbons (Fsp3) is 0.310. The average Bonchev–Trinajstić information content (AvgIpc) is 3.45. The summed E-state index contributed by atoms with van der Waals surface area (Å²) in [6.45, 7) is 6.27. The second kappa shape index (κ2) is 11.2. The Morgan fingerprint density at radius 3 is 2.52 bits per heavy atom. The maximum Gasteiger partial charge on any atom is 0.516 e. The number of aryl methyl sites for hydroxylation is 2. The summed E-state index contributed by atoms with van der Waals surface area (Å²) in [6, 6.07) is 12.9. The number of aromatic nitrogens is 3. The Hall–Kier alpha value is -3.61. The van der Waals surface area contributed by atoms with Gasteiger partial charge in [-0.2, -0.15) is 21.6 Å². The molecule has 5 rings (SSSR count). The highest BCUT2D eigenvalue weighted by molar-refractivity contribution is 7.93. The molecule has 0 saturated carbocycles. The van der Waals surface area contributed by atoms with E-state index in [0.717, 1.165) is 28.9 Å². The molecule has 0 bridgehead atoms. The number of alkyl halides is 3. The lowest BCUT2D eigenvalue weighted by molar-refractivity contribution is -0.0429. The second-order valence-electron chi connectivity index (χ2n) is 10.0. The summed E-state index contributed by atoms with van der Waals surface area (Å²) in [5.74, 6) is 0.966. The first kappa shape index (κ1) is 29.9. The molecule has 0 amide bonds. The zero-order valence-corrected chi connectivity index (χ0v) is 24.5. The number of furan rings is 1. The third kappa shape index (κ3) is 5.46.